The third kappa shape index (κ3) is 2.01. The zero-order chi connectivity index (χ0) is 11.8. The summed E-state index contributed by atoms with van der Waals surface area (Å²) >= 11 is 0. The molecule has 3 aliphatic heterocycles. The van der Waals surface area contributed by atoms with Crippen molar-refractivity contribution in [2.24, 2.45) is 11.5 Å². The Kier molecular flexibility index (Phi) is 2.84. The summed E-state index contributed by atoms with van der Waals surface area (Å²) in [6.45, 7) is 11.1. The van der Waals surface area contributed by atoms with Gasteiger partial charge in [0, 0.05) is 0 Å². The summed E-state index contributed by atoms with van der Waals surface area (Å²) in [4.78, 5) is 3.08. The van der Waals surface area contributed by atoms with Crippen LogP contribution in [-0.4, -0.2) is 73.8 Å². The number of guanidine groups is 1. The molecule has 0 unspecified atom stereocenters. The van der Waals surface area contributed by atoms with Gasteiger partial charge in [-0.3, -0.25) is 16.5 Å². The maximum Gasteiger partial charge on any atom is 0.338 e. The SMILES string of the molecule is C[C@@H](C[NH+]=C(N)N)[N+]12CC[N+](C)(CC1)CC2. The molecule has 0 aromatic carbocycles. The van der Waals surface area contributed by atoms with Crippen molar-refractivity contribution in [2.45, 2.75) is 13.0 Å². The van der Waals surface area contributed by atoms with Gasteiger partial charge in [-0.2, -0.15) is 0 Å². The van der Waals surface area contributed by atoms with Crippen molar-refractivity contribution in [1.82, 2.24) is 0 Å². The molecule has 0 saturated carbocycles. The topological polar surface area (TPSA) is 66.0 Å². The largest absolute Gasteiger partial charge is 0.338 e. The van der Waals surface area contributed by atoms with Crippen LogP contribution in [0.1, 0.15) is 6.92 Å². The summed E-state index contributed by atoms with van der Waals surface area (Å²) in [6, 6.07) is 0.608. The van der Waals surface area contributed by atoms with Crippen LogP contribution in [-0.2, 0) is 0 Å². The highest BCUT2D eigenvalue weighted by atomic mass is 15.5. The van der Waals surface area contributed by atoms with Crippen LogP contribution in [0.15, 0.2) is 0 Å². The van der Waals surface area contributed by atoms with E-state index in [9.17, 15) is 0 Å². The molecule has 0 aromatic rings. The Morgan fingerprint density at radius 1 is 1.12 bits per heavy atom. The van der Waals surface area contributed by atoms with Gasteiger partial charge in [0.05, 0.1) is 7.05 Å². The number of likely N-dealkylation sites (N-methyl/N-ethyl adjacent to an activating group) is 1. The highest BCUT2D eigenvalue weighted by molar-refractivity contribution is 5.69. The van der Waals surface area contributed by atoms with Gasteiger partial charge in [-0.25, -0.2) is 0 Å². The molecule has 3 heterocycles. The summed E-state index contributed by atoms with van der Waals surface area (Å²) in [6.07, 6.45) is 0. The molecule has 0 radical (unpaired) electrons. The Bertz CT molecular complexity index is 270. The van der Waals surface area contributed by atoms with E-state index >= 15 is 0 Å². The van der Waals surface area contributed by atoms with E-state index in [1.807, 2.05) is 0 Å². The van der Waals surface area contributed by atoms with Crippen LogP contribution in [0.3, 0.4) is 0 Å². The van der Waals surface area contributed by atoms with Crippen LogP contribution in [0.5, 0.6) is 0 Å². The molecule has 1 atom stereocenters. The molecule has 5 heteroatoms. The molecule has 5 N–H and O–H groups in total. The van der Waals surface area contributed by atoms with Gasteiger partial charge in [0.15, 0.2) is 0 Å². The third-order valence-corrected chi connectivity index (χ3v) is 4.79. The van der Waals surface area contributed by atoms with Gasteiger partial charge in [-0.05, 0) is 6.92 Å². The van der Waals surface area contributed by atoms with E-state index in [2.05, 4.69) is 19.0 Å². The molecule has 0 spiro atoms. The Labute approximate surface area is 97.9 Å². The van der Waals surface area contributed by atoms with Crippen molar-refractivity contribution in [3.05, 3.63) is 0 Å². The van der Waals surface area contributed by atoms with Gasteiger partial charge in [0.2, 0.25) is 0 Å². The van der Waals surface area contributed by atoms with Crippen molar-refractivity contribution >= 4 is 5.96 Å². The molecule has 92 valence electrons. The summed E-state index contributed by atoms with van der Waals surface area (Å²) in [5.41, 5.74) is 10.9. The monoisotopic (exact) mass is 228 g/mol. The lowest BCUT2D eigenvalue weighted by atomic mass is 10.0. The zero-order valence-corrected chi connectivity index (χ0v) is 10.6. The highest BCUT2D eigenvalue weighted by Gasteiger charge is 2.49. The number of fused-ring (bicyclic) bond motifs is 3. The number of hydrogen-bond donors (Lipinski definition) is 3. The Balaban J connectivity index is 2.01. The Morgan fingerprint density at radius 2 is 1.62 bits per heavy atom. The van der Waals surface area contributed by atoms with E-state index in [0.29, 0.717) is 12.0 Å². The quantitative estimate of drug-likeness (QED) is 0.274. The molecule has 0 aromatic heterocycles. The van der Waals surface area contributed by atoms with E-state index in [4.69, 9.17) is 11.5 Å². The molecule has 3 rings (SSSR count). The standard InChI is InChI=1S/C11H25N5/c1-10(9-14-11(12)13)16-6-3-15(2,4-7-16)5-8-16/h10H,3-9H2,1-2H3,(H4,12,13,14)/q+2/p+1/t10-,15?,16?/m0/s1. The minimum Gasteiger partial charge on any atom is -0.312 e. The lowest BCUT2D eigenvalue weighted by molar-refractivity contribution is -1.08. The second kappa shape index (κ2) is 3.89. The molecule has 0 aliphatic carbocycles. The van der Waals surface area contributed by atoms with Crippen LogP contribution < -0.4 is 16.5 Å². The van der Waals surface area contributed by atoms with E-state index in [0.717, 1.165) is 6.54 Å². The van der Waals surface area contributed by atoms with Crippen LogP contribution in [0.2, 0.25) is 0 Å². The molecule has 0 amide bonds. The summed E-state index contributed by atoms with van der Waals surface area (Å²) in [5.74, 6) is 0.347. The summed E-state index contributed by atoms with van der Waals surface area (Å²) < 4.78 is 2.54. The fourth-order valence-electron chi connectivity index (χ4n) is 3.11. The predicted octanol–water partition coefficient (Wildman–Crippen LogP) is -2.98. The third-order valence-electron chi connectivity index (χ3n) is 4.79. The molecular weight excluding hydrogens is 202 g/mol. The number of nitrogens with two attached hydrogens (primary N) is 2. The lowest BCUT2D eigenvalue weighted by Crippen LogP contribution is -2.85. The molecule has 3 saturated heterocycles. The average Bonchev–Trinajstić information content (AvgIpc) is 2.27. The molecule has 5 nitrogen and oxygen atoms in total. The van der Waals surface area contributed by atoms with Crippen LogP contribution in [0.25, 0.3) is 0 Å². The minimum atomic E-state index is 0.347. The van der Waals surface area contributed by atoms with E-state index < -0.39 is 0 Å². The van der Waals surface area contributed by atoms with Crippen molar-refractivity contribution in [2.75, 3.05) is 52.9 Å². The number of nitrogens with one attached hydrogen (secondary N) is 1. The van der Waals surface area contributed by atoms with Gasteiger partial charge >= 0.3 is 5.96 Å². The van der Waals surface area contributed by atoms with Crippen LogP contribution in [0, 0.1) is 0 Å². The van der Waals surface area contributed by atoms with E-state index in [1.54, 1.807) is 0 Å². The van der Waals surface area contributed by atoms with Gasteiger partial charge in [0.25, 0.3) is 0 Å². The number of piperazine rings is 3. The Morgan fingerprint density at radius 3 is 2.06 bits per heavy atom. The molecule has 3 aliphatic rings. The van der Waals surface area contributed by atoms with Gasteiger partial charge in [0.1, 0.15) is 51.9 Å². The first-order valence-corrected chi connectivity index (χ1v) is 6.27. The van der Waals surface area contributed by atoms with Crippen molar-refractivity contribution < 1.29 is 14.0 Å². The van der Waals surface area contributed by atoms with Crippen molar-refractivity contribution in [3.63, 3.8) is 0 Å². The smallest absolute Gasteiger partial charge is 0.312 e. The zero-order valence-electron chi connectivity index (χ0n) is 10.6. The van der Waals surface area contributed by atoms with Crippen LogP contribution >= 0.6 is 0 Å². The maximum atomic E-state index is 5.46. The second-order valence-electron chi connectivity index (χ2n) is 5.86. The number of rotatable bonds is 3. The highest BCUT2D eigenvalue weighted by Crippen LogP contribution is 2.26. The van der Waals surface area contributed by atoms with Gasteiger partial charge in [-0.1, -0.05) is 0 Å². The Hall–Kier alpha value is -0.810. The first-order chi connectivity index (χ1) is 7.46. The van der Waals surface area contributed by atoms with Crippen LogP contribution in [0.4, 0.5) is 0 Å². The fourth-order valence-corrected chi connectivity index (χ4v) is 3.11. The van der Waals surface area contributed by atoms with Gasteiger partial charge in [-0.15, -0.1) is 0 Å². The van der Waals surface area contributed by atoms with Gasteiger partial charge < -0.3 is 8.97 Å². The number of quaternary nitrogens is 2. The first-order valence-electron chi connectivity index (χ1n) is 6.27. The maximum absolute atomic E-state index is 5.46. The predicted molar refractivity (Wildman–Crippen MR) is 64.3 cm³/mol. The molecular formula is C11H26N5+3. The minimum absolute atomic E-state index is 0.347. The fraction of sp³-hybridized carbons (Fsp3) is 0.909. The molecule has 16 heavy (non-hydrogen) atoms. The molecule has 3 fully saturated rings. The van der Waals surface area contributed by atoms with Crippen molar-refractivity contribution in [1.29, 1.82) is 0 Å². The van der Waals surface area contributed by atoms with Crippen molar-refractivity contribution in [3.8, 4) is 0 Å². The van der Waals surface area contributed by atoms with E-state index in [1.165, 1.54) is 48.2 Å². The summed E-state index contributed by atoms with van der Waals surface area (Å²) in [7, 11) is 2.39. The van der Waals surface area contributed by atoms with E-state index in [-0.39, 0.29) is 0 Å². The lowest BCUT2D eigenvalue weighted by Gasteiger charge is -2.56. The average molecular weight is 228 g/mol. The molecule has 2 bridgehead atoms. The normalized spacial score (nSPS) is 39.4. The summed E-state index contributed by atoms with van der Waals surface area (Å²) in [5, 5.41) is 0. The second-order valence-corrected chi connectivity index (χ2v) is 5.86. The first kappa shape index (κ1) is 11.7. The number of nitrogens with zero attached hydrogens (tertiary/aromatic N) is 2. The number of hydrogen-bond acceptors (Lipinski definition) is 0.